The maximum absolute atomic E-state index is 11.9. The molecule has 1 aliphatic heterocycles. The summed E-state index contributed by atoms with van der Waals surface area (Å²) in [5.41, 5.74) is 0.716. The molecular formula is C17H25NO4. The maximum atomic E-state index is 11.9. The zero-order chi connectivity index (χ0) is 15.9. The summed E-state index contributed by atoms with van der Waals surface area (Å²) in [6.07, 6.45) is 2.74. The number of carbonyl (C=O) groups is 1. The van der Waals surface area contributed by atoms with Crippen molar-refractivity contribution in [3.63, 3.8) is 0 Å². The van der Waals surface area contributed by atoms with Crippen molar-refractivity contribution in [3.8, 4) is 11.5 Å². The number of anilines is 1. The Balaban J connectivity index is 1.99. The Morgan fingerprint density at radius 1 is 1.41 bits per heavy atom. The lowest BCUT2D eigenvalue weighted by molar-refractivity contribution is -0.116. The van der Waals surface area contributed by atoms with Crippen LogP contribution in [0.5, 0.6) is 11.5 Å². The average Bonchev–Trinajstić information content (AvgIpc) is 2.97. The molecule has 22 heavy (non-hydrogen) atoms. The van der Waals surface area contributed by atoms with E-state index >= 15 is 0 Å². The van der Waals surface area contributed by atoms with Crippen molar-refractivity contribution in [2.24, 2.45) is 5.92 Å². The van der Waals surface area contributed by atoms with Crippen LogP contribution in [0.2, 0.25) is 0 Å². The third-order valence-corrected chi connectivity index (χ3v) is 3.49. The van der Waals surface area contributed by atoms with Gasteiger partial charge in [-0.3, -0.25) is 4.79 Å². The summed E-state index contributed by atoms with van der Waals surface area (Å²) in [6, 6.07) is 5.41. The van der Waals surface area contributed by atoms with E-state index in [4.69, 9.17) is 14.2 Å². The van der Waals surface area contributed by atoms with Gasteiger partial charge in [-0.05, 0) is 30.9 Å². The number of benzene rings is 1. The predicted molar refractivity (Wildman–Crippen MR) is 85.5 cm³/mol. The number of rotatable bonds is 7. The zero-order valence-electron chi connectivity index (χ0n) is 13.6. The monoisotopic (exact) mass is 307 g/mol. The van der Waals surface area contributed by atoms with Gasteiger partial charge in [0.05, 0.1) is 13.2 Å². The Kier molecular flexibility index (Phi) is 6.07. The molecule has 5 nitrogen and oxygen atoms in total. The summed E-state index contributed by atoms with van der Waals surface area (Å²) in [7, 11) is 1.60. The second kappa shape index (κ2) is 8.03. The molecule has 1 fully saturated rings. The van der Waals surface area contributed by atoms with E-state index in [0.717, 1.165) is 19.4 Å². The van der Waals surface area contributed by atoms with Crippen molar-refractivity contribution in [2.75, 3.05) is 25.6 Å². The molecule has 0 aliphatic carbocycles. The summed E-state index contributed by atoms with van der Waals surface area (Å²) in [5.74, 6) is 1.61. The zero-order valence-corrected chi connectivity index (χ0v) is 13.6. The summed E-state index contributed by atoms with van der Waals surface area (Å²) < 4.78 is 16.7. The number of hydrogen-bond donors (Lipinski definition) is 1. The van der Waals surface area contributed by atoms with Gasteiger partial charge in [0.1, 0.15) is 6.61 Å². The van der Waals surface area contributed by atoms with Crippen molar-refractivity contribution in [2.45, 2.75) is 39.2 Å². The highest BCUT2D eigenvalue weighted by molar-refractivity contribution is 5.91. The molecule has 1 saturated heterocycles. The van der Waals surface area contributed by atoms with Gasteiger partial charge >= 0.3 is 0 Å². The molecule has 122 valence electrons. The van der Waals surface area contributed by atoms with E-state index in [9.17, 15) is 4.79 Å². The van der Waals surface area contributed by atoms with Gasteiger partial charge in [0.25, 0.3) is 0 Å². The summed E-state index contributed by atoms with van der Waals surface area (Å²) in [6.45, 7) is 5.34. The lowest BCUT2D eigenvalue weighted by Gasteiger charge is -2.15. The first kappa shape index (κ1) is 16.6. The summed E-state index contributed by atoms with van der Waals surface area (Å²) in [4.78, 5) is 11.9. The molecule has 0 radical (unpaired) electrons. The fourth-order valence-electron chi connectivity index (χ4n) is 2.41. The second-order valence-corrected chi connectivity index (χ2v) is 5.96. The van der Waals surface area contributed by atoms with Crippen molar-refractivity contribution >= 4 is 11.6 Å². The van der Waals surface area contributed by atoms with Crippen LogP contribution in [0.15, 0.2) is 18.2 Å². The smallest absolute Gasteiger partial charge is 0.224 e. The summed E-state index contributed by atoms with van der Waals surface area (Å²) >= 11 is 0. The molecule has 0 bridgehead atoms. The van der Waals surface area contributed by atoms with Gasteiger partial charge in [-0.15, -0.1) is 0 Å². The van der Waals surface area contributed by atoms with Crippen molar-refractivity contribution in [1.29, 1.82) is 0 Å². The third-order valence-electron chi connectivity index (χ3n) is 3.49. The van der Waals surface area contributed by atoms with Crippen LogP contribution < -0.4 is 14.8 Å². The Labute approximate surface area is 131 Å². The fraction of sp³-hybridized carbons (Fsp3) is 0.588. The number of nitrogens with one attached hydrogen (secondary N) is 1. The normalized spacial score (nSPS) is 17.5. The van der Waals surface area contributed by atoms with Crippen molar-refractivity contribution in [3.05, 3.63) is 18.2 Å². The fourth-order valence-corrected chi connectivity index (χ4v) is 2.41. The van der Waals surface area contributed by atoms with E-state index in [1.807, 2.05) is 19.9 Å². The Hall–Kier alpha value is -1.75. The predicted octanol–water partition coefficient (Wildman–Crippen LogP) is 3.24. The lowest BCUT2D eigenvalue weighted by Crippen LogP contribution is -2.17. The van der Waals surface area contributed by atoms with E-state index in [1.54, 1.807) is 19.2 Å². The third kappa shape index (κ3) is 4.91. The Morgan fingerprint density at radius 2 is 2.23 bits per heavy atom. The minimum Gasteiger partial charge on any atom is -0.493 e. The van der Waals surface area contributed by atoms with Gasteiger partial charge in [0.15, 0.2) is 11.5 Å². The minimum absolute atomic E-state index is 0.00485. The number of ether oxygens (including phenoxy) is 3. The van der Waals surface area contributed by atoms with Crippen LogP contribution in [0.3, 0.4) is 0 Å². The molecule has 0 saturated carbocycles. The van der Waals surface area contributed by atoms with Gasteiger partial charge in [-0.2, -0.15) is 0 Å². The van der Waals surface area contributed by atoms with Crippen LogP contribution in [-0.4, -0.2) is 32.3 Å². The molecule has 0 spiro atoms. The van der Waals surface area contributed by atoms with Crippen LogP contribution in [0, 0.1) is 5.92 Å². The largest absolute Gasteiger partial charge is 0.493 e. The van der Waals surface area contributed by atoms with E-state index in [-0.39, 0.29) is 12.0 Å². The molecule has 1 aliphatic rings. The van der Waals surface area contributed by atoms with Crippen LogP contribution in [0.1, 0.15) is 33.1 Å². The quantitative estimate of drug-likeness (QED) is 0.840. The lowest BCUT2D eigenvalue weighted by atomic mass is 10.1. The highest BCUT2D eigenvalue weighted by Crippen LogP contribution is 2.31. The van der Waals surface area contributed by atoms with Gasteiger partial charge in [-0.1, -0.05) is 13.8 Å². The van der Waals surface area contributed by atoms with Gasteiger partial charge < -0.3 is 19.5 Å². The molecule has 0 unspecified atom stereocenters. The molecule has 5 heteroatoms. The molecule has 1 heterocycles. The molecule has 1 aromatic rings. The first-order chi connectivity index (χ1) is 10.6. The summed E-state index contributed by atoms with van der Waals surface area (Å²) in [5, 5.41) is 2.89. The number of amides is 1. The van der Waals surface area contributed by atoms with Gasteiger partial charge in [0, 0.05) is 24.8 Å². The number of hydrogen-bond acceptors (Lipinski definition) is 4. The Morgan fingerprint density at radius 3 is 2.86 bits per heavy atom. The van der Waals surface area contributed by atoms with Gasteiger partial charge in [0.2, 0.25) is 5.91 Å². The van der Waals surface area contributed by atoms with Crippen LogP contribution in [0.25, 0.3) is 0 Å². The van der Waals surface area contributed by atoms with E-state index in [0.29, 0.717) is 36.1 Å². The van der Waals surface area contributed by atoms with Crippen LogP contribution in [-0.2, 0) is 9.53 Å². The van der Waals surface area contributed by atoms with Gasteiger partial charge in [-0.25, -0.2) is 0 Å². The van der Waals surface area contributed by atoms with Crippen molar-refractivity contribution in [1.82, 2.24) is 0 Å². The van der Waals surface area contributed by atoms with Crippen molar-refractivity contribution < 1.29 is 19.0 Å². The van der Waals surface area contributed by atoms with Crippen LogP contribution in [0.4, 0.5) is 5.69 Å². The first-order valence-electron chi connectivity index (χ1n) is 7.80. The molecular weight excluding hydrogens is 282 g/mol. The Bertz CT molecular complexity index is 495. The standard InChI is InChI=1S/C17H25NO4/c1-12(2)9-17(19)18-13-6-7-15(20-3)16(10-13)22-11-14-5-4-8-21-14/h6-7,10,12,14H,4-5,8-9,11H2,1-3H3,(H,18,19)/t14-/m0/s1. The molecule has 1 N–H and O–H groups in total. The average molecular weight is 307 g/mol. The van der Waals surface area contributed by atoms with E-state index in [2.05, 4.69) is 5.32 Å². The molecule has 1 atom stereocenters. The first-order valence-corrected chi connectivity index (χ1v) is 7.80. The molecule has 0 aromatic heterocycles. The molecule has 2 rings (SSSR count). The highest BCUT2D eigenvalue weighted by Gasteiger charge is 2.17. The molecule has 1 aromatic carbocycles. The SMILES string of the molecule is COc1ccc(NC(=O)CC(C)C)cc1OC[C@@H]1CCCO1. The maximum Gasteiger partial charge on any atom is 0.224 e. The topological polar surface area (TPSA) is 56.8 Å². The number of methoxy groups -OCH3 is 1. The van der Waals surface area contributed by atoms with E-state index in [1.165, 1.54) is 0 Å². The van der Waals surface area contributed by atoms with E-state index < -0.39 is 0 Å². The highest BCUT2D eigenvalue weighted by atomic mass is 16.5. The van der Waals surface area contributed by atoms with Crippen LogP contribution >= 0.6 is 0 Å². The minimum atomic E-state index is 0.00485. The second-order valence-electron chi connectivity index (χ2n) is 5.96. The molecule has 1 amide bonds. The number of carbonyl (C=O) groups excluding carboxylic acids is 1.